The monoisotopic (exact) mass is 424 g/mol. The normalized spacial score (nSPS) is 14.2. The number of benzene rings is 1. The van der Waals surface area contributed by atoms with Gasteiger partial charge in [0, 0.05) is 30.4 Å². The molecule has 0 aliphatic heterocycles. The second kappa shape index (κ2) is 6.61. The van der Waals surface area contributed by atoms with E-state index in [0.717, 1.165) is 10.7 Å². The molecular formula is C21H15F3N6O. The second-order valence-corrected chi connectivity index (χ2v) is 7.15. The van der Waals surface area contributed by atoms with Crippen LogP contribution in [0.1, 0.15) is 11.3 Å². The van der Waals surface area contributed by atoms with Crippen molar-refractivity contribution in [3.8, 4) is 11.3 Å². The average molecular weight is 424 g/mol. The van der Waals surface area contributed by atoms with Gasteiger partial charge in [-0.2, -0.15) is 23.4 Å². The van der Waals surface area contributed by atoms with E-state index in [2.05, 4.69) is 20.2 Å². The molecule has 0 aliphatic carbocycles. The van der Waals surface area contributed by atoms with Crippen molar-refractivity contribution in [2.45, 2.75) is 11.8 Å². The van der Waals surface area contributed by atoms with Crippen molar-refractivity contribution >= 4 is 16.6 Å². The number of aliphatic hydroxyl groups is 1. The zero-order chi connectivity index (χ0) is 21.8. The van der Waals surface area contributed by atoms with Crippen LogP contribution in [0, 0.1) is 0 Å². The molecule has 4 heterocycles. The van der Waals surface area contributed by atoms with Gasteiger partial charge in [-0.1, -0.05) is 12.1 Å². The minimum atomic E-state index is -5.04. The first kappa shape index (κ1) is 19.2. The number of hydrogen-bond acceptors (Lipinski definition) is 5. The van der Waals surface area contributed by atoms with Crippen molar-refractivity contribution in [3.63, 3.8) is 0 Å². The summed E-state index contributed by atoms with van der Waals surface area (Å²) in [7, 11) is 1.72. The van der Waals surface area contributed by atoms with Crippen LogP contribution in [-0.4, -0.2) is 40.6 Å². The second-order valence-electron chi connectivity index (χ2n) is 7.15. The first-order valence-electron chi connectivity index (χ1n) is 9.26. The SMILES string of the molecule is Cn1cc(-c2ccc3ncc(C(O)(c4ccc5ncccc5c4)C(F)(F)F)n3n2)cn1. The van der Waals surface area contributed by atoms with E-state index in [0.29, 0.717) is 22.2 Å². The Morgan fingerprint density at radius 1 is 1.00 bits per heavy atom. The van der Waals surface area contributed by atoms with Crippen LogP contribution in [0.15, 0.2) is 67.3 Å². The summed E-state index contributed by atoms with van der Waals surface area (Å²) in [5.41, 5.74) is -2.49. The molecular weight excluding hydrogens is 409 g/mol. The van der Waals surface area contributed by atoms with Gasteiger partial charge in [0.2, 0.25) is 5.60 Å². The minimum Gasteiger partial charge on any atom is -0.371 e. The van der Waals surface area contributed by atoms with Gasteiger partial charge in [0.05, 0.1) is 23.6 Å². The third-order valence-electron chi connectivity index (χ3n) is 5.16. The minimum absolute atomic E-state index is 0.174. The summed E-state index contributed by atoms with van der Waals surface area (Å²) in [4.78, 5) is 8.16. The quantitative estimate of drug-likeness (QED) is 0.480. The van der Waals surface area contributed by atoms with Crippen molar-refractivity contribution in [3.05, 3.63) is 78.5 Å². The standard InChI is InChI=1S/C21H15F3N6O/c1-29-12-14(10-27-29)17-6-7-19-26-11-18(30(19)28-17)20(31,21(22,23)24)15-4-5-16-13(9-15)3-2-8-25-16/h2-12,31H,1H3. The molecule has 0 aliphatic rings. The Morgan fingerprint density at radius 2 is 1.84 bits per heavy atom. The van der Waals surface area contributed by atoms with Crippen LogP contribution in [0.3, 0.4) is 0 Å². The van der Waals surface area contributed by atoms with Crippen LogP contribution >= 0.6 is 0 Å². The molecule has 0 spiro atoms. The maximum Gasteiger partial charge on any atom is 0.427 e. The molecule has 1 atom stereocenters. The van der Waals surface area contributed by atoms with Crippen molar-refractivity contribution < 1.29 is 18.3 Å². The van der Waals surface area contributed by atoms with Gasteiger partial charge in [-0.15, -0.1) is 0 Å². The molecule has 0 radical (unpaired) electrons. The largest absolute Gasteiger partial charge is 0.427 e. The molecule has 0 bridgehead atoms. The highest BCUT2D eigenvalue weighted by molar-refractivity contribution is 5.79. The van der Waals surface area contributed by atoms with E-state index in [1.807, 2.05) is 0 Å². The Morgan fingerprint density at radius 3 is 2.58 bits per heavy atom. The highest BCUT2D eigenvalue weighted by atomic mass is 19.4. The number of rotatable bonds is 3. The lowest BCUT2D eigenvalue weighted by Gasteiger charge is -2.30. The number of aryl methyl sites for hydroxylation is 1. The van der Waals surface area contributed by atoms with Crippen LogP contribution in [0.5, 0.6) is 0 Å². The number of fused-ring (bicyclic) bond motifs is 2. The van der Waals surface area contributed by atoms with E-state index < -0.39 is 17.5 Å². The number of imidazole rings is 1. The Kier molecular flexibility index (Phi) is 4.09. The molecule has 156 valence electrons. The highest BCUT2D eigenvalue weighted by Gasteiger charge is 2.58. The number of nitrogens with zero attached hydrogens (tertiary/aromatic N) is 6. The van der Waals surface area contributed by atoms with Crippen LogP contribution < -0.4 is 0 Å². The number of hydrogen-bond donors (Lipinski definition) is 1. The Balaban J connectivity index is 1.75. The first-order valence-corrected chi connectivity index (χ1v) is 9.26. The van der Waals surface area contributed by atoms with Gasteiger partial charge in [0.1, 0.15) is 5.69 Å². The fourth-order valence-corrected chi connectivity index (χ4v) is 3.58. The molecule has 0 amide bonds. The van der Waals surface area contributed by atoms with E-state index in [1.165, 1.54) is 18.2 Å². The zero-order valence-corrected chi connectivity index (χ0v) is 16.1. The molecule has 31 heavy (non-hydrogen) atoms. The van der Waals surface area contributed by atoms with E-state index in [1.54, 1.807) is 54.6 Å². The predicted octanol–water partition coefficient (Wildman–Crippen LogP) is 3.48. The molecule has 7 nitrogen and oxygen atoms in total. The van der Waals surface area contributed by atoms with Gasteiger partial charge in [-0.05, 0) is 35.9 Å². The fourth-order valence-electron chi connectivity index (χ4n) is 3.58. The van der Waals surface area contributed by atoms with E-state index in [9.17, 15) is 18.3 Å². The molecule has 1 aromatic carbocycles. The van der Waals surface area contributed by atoms with Gasteiger partial charge >= 0.3 is 6.18 Å². The molecule has 4 aromatic heterocycles. The molecule has 1 N–H and O–H groups in total. The third-order valence-corrected chi connectivity index (χ3v) is 5.16. The maximum absolute atomic E-state index is 14.4. The molecule has 0 saturated carbocycles. The molecule has 0 fully saturated rings. The molecule has 10 heteroatoms. The van der Waals surface area contributed by atoms with Crippen LogP contribution in [-0.2, 0) is 12.6 Å². The average Bonchev–Trinajstić information content (AvgIpc) is 3.38. The lowest BCUT2D eigenvalue weighted by atomic mass is 9.89. The molecule has 5 rings (SSSR count). The molecule has 5 aromatic rings. The summed E-state index contributed by atoms with van der Waals surface area (Å²) in [5.74, 6) is 0. The lowest BCUT2D eigenvalue weighted by Crippen LogP contribution is -2.44. The number of halogens is 3. The summed E-state index contributed by atoms with van der Waals surface area (Å²) in [6.45, 7) is 0. The number of alkyl halides is 3. The van der Waals surface area contributed by atoms with Crippen LogP contribution in [0.2, 0.25) is 0 Å². The third kappa shape index (κ3) is 2.95. The lowest BCUT2D eigenvalue weighted by molar-refractivity contribution is -0.250. The summed E-state index contributed by atoms with van der Waals surface area (Å²) in [5, 5.41) is 20.0. The number of pyridine rings is 1. The van der Waals surface area contributed by atoms with E-state index >= 15 is 0 Å². The maximum atomic E-state index is 14.4. The van der Waals surface area contributed by atoms with Gasteiger partial charge in [-0.3, -0.25) is 9.67 Å². The van der Waals surface area contributed by atoms with Crippen molar-refractivity contribution in [1.82, 2.24) is 29.4 Å². The highest BCUT2D eigenvalue weighted by Crippen LogP contribution is 2.44. The van der Waals surface area contributed by atoms with Gasteiger partial charge in [-0.25, -0.2) is 9.50 Å². The summed E-state index contributed by atoms with van der Waals surface area (Å²) >= 11 is 0. The van der Waals surface area contributed by atoms with Crippen LogP contribution in [0.25, 0.3) is 27.8 Å². The zero-order valence-electron chi connectivity index (χ0n) is 16.1. The van der Waals surface area contributed by atoms with E-state index in [-0.39, 0.29) is 11.2 Å². The smallest absolute Gasteiger partial charge is 0.371 e. The van der Waals surface area contributed by atoms with Crippen LogP contribution in [0.4, 0.5) is 13.2 Å². The van der Waals surface area contributed by atoms with Crippen molar-refractivity contribution in [2.75, 3.05) is 0 Å². The van der Waals surface area contributed by atoms with Gasteiger partial charge in [0.25, 0.3) is 0 Å². The summed E-state index contributed by atoms with van der Waals surface area (Å²) in [6, 6.07) is 10.4. The predicted molar refractivity (Wildman–Crippen MR) is 106 cm³/mol. The Bertz CT molecular complexity index is 1420. The van der Waals surface area contributed by atoms with Gasteiger partial charge in [0.15, 0.2) is 5.65 Å². The van der Waals surface area contributed by atoms with E-state index in [4.69, 9.17) is 0 Å². The first-order chi connectivity index (χ1) is 14.8. The molecule has 1 unspecified atom stereocenters. The summed E-state index contributed by atoms with van der Waals surface area (Å²) in [6.07, 6.45) is 0.752. The van der Waals surface area contributed by atoms with Crippen molar-refractivity contribution in [2.24, 2.45) is 7.05 Å². The Labute approximate surface area is 173 Å². The van der Waals surface area contributed by atoms with Gasteiger partial charge < -0.3 is 5.11 Å². The topological polar surface area (TPSA) is 81.1 Å². The van der Waals surface area contributed by atoms with Crippen molar-refractivity contribution in [1.29, 1.82) is 0 Å². The Hall–Kier alpha value is -3.79. The summed E-state index contributed by atoms with van der Waals surface area (Å²) < 4.78 is 45.7. The fraction of sp³-hybridized carbons (Fsp3) is 0.143. The number of aromatic nitrogens is 6. The molecule has 0 saturated heterocycles.